The van der Waals surface area contributed by atoms with Gasteiger partial charge in [-0.25, -0.2) is 0 Å². The van der Waals surface area contributed by atoms with Crippen molar-refractivity contribution in [2.24, 2.45) is 0 Å². The fourth-order valence-corrected chi connectivity index (χ4v) is 0. The molecule has 0 aromatic heterocycles. The van der Waals surface area contributed by atoms with Gasteiger partial charge in [0.2, 0.25) is 0 Å². The Bertz CT molecular complexity index is 113. The van der Waals surface area contributed by atoms with Crippen LogP contribution in [0.3, 0.4) is 0 Å². The summed E-state index contributed by atoms with van der Waals surface area (Å²) in [6, 6.07) is 0. The molecule has 0 aromatic rings. The average molecular weight is 367 g/mol. The number of nitrogens with zero attached hydrogens (tertiary/aromatic N) is 3. The van der Waals surface area contributed by atoms with Gasteiger partial charge >= 0.3 is 0 Å². The molecule has 0 saturated carbocycles. The second-order valence-corrected chi connectivity index (χ2v) is 0.671. The molecule has 0 radical (unpaired) electrons. The van der Waals surface area contributed by atoms with Crippen LogP contribution in [0.1, 0.15) is 0 Å². The van der Waals surface area contributed by atoms with E-state index in [9.17, 15) is 0 Å². The van der Waals surface area contributed by atoms with Gasteiger partial charge in [-0.15, -0.1) is 0 Å². The van der Waals surface area contributed by atoms with E-state index in [0.29, 0.717) is 0 Å². The molecule has 2 N–H and O–H groups in total. The monoisotopic (exact) mass is 368 g/mol. The van der Waals surface area contributed by atoms with Crippen LogP contribution < -0.4 is 0 Å². The first-order valence-corrected chi connectivity index (χ1v) is 1.64. The fourth-order valence-electron chi connectivity index (χ4n) is 0. The van der Waals surface area contributed by atoms with E-state index in [0.717, 1.165) is 0 Å². The molecule has 0 aliphatic rings. The summed E-state index contributed by atoms with van der Waals surface area (Å²) in [5.41, 5.74) is 0. The van der Waals surface area contributed by atoms with Crippen LogP contribution in [-0.4, -0.2) is 20.7 Å². The van der Waals surface area contributed by atoms with Crippen LogP contribution in [0.5, 0.6) is 0 Å². The van der Waals surface area contributed by atoms with Crippen LogP contribution in [0, 0.1) is 84.1 Å². The molecule has 14 heavy (non-hydrogen) atoms. The van der Waals surface area contributed by atoms with Gasteiger partial charge in [0.05, 0.1) is 15.3 Å². The molecule has 0 atom stereocenters. The summed E-state index contributed by atoms with van der Waals surface area (Å²) in [4.78, 5) is 24.8. The van der Waals surface area contributed by atoms with Gasteiger partial charge in [-0.05, 0) is 0 Å². The second kappa shape index (κ2) is 22.6. The van der Waals surface area contributed by atoms with Gasteiger partial charge in [-0.1, -0.05) is 0 Å². The Morgan fingerprint density at radius 2 is 0.571 bits per heavy atom. The van der Waals surface area contributed by atoms with Crippen LogP contribution in [0.15, 0.2) is 0 Å². The molecule has 0 heterocycles. The van der Waals surface area contributed by atoms with Crippen molar-refractivity contribution in [2.75, 3.05) is 0 Å². The third kappa shape index (κ3) is 769. The molecule has 0 aliphatic heterocycles. The third-order valence-electron chi connectivity index (χ3n) is 0. The quantitative estimate of drug-likeness (QED) is 0.356. The van der Waals surface area contributed by atoms with Crippen molar-refractivity contribution in [3.8, 4) is 0 Å². The smallest absolute Gasteiger partial charge is 0.0689 e. The minimum atomic E-state index is -1.75. The maximum absolute atomic E-state index is 8.25. The van der Waals surface area contributed by atoms with E-state index >= 15 is 0 Å². The topological polar surface area (TPSA) is 230 Å². The second-order valence-electron chi connectivity index (χ2n) is 0.671. The maximum Gasteiger partial charge on any atom is 0.0689 e. The molecular formula is H2DyN3O10-3. The predicted molar refractivity (Wildman–Crippen MR) is 34.7 cm³/mol. The van der Waals surface area contributed by atoms with E-state index in [1.54, 1.807) is 0 Å². The van der Waals surface area contributed by atoms with Crippen molar-refractivity contribution in [3.63, 3.8) is 0 Å². The molecule has 14 heteroatoms. The molecule has 90 valence electrons. The van der Waals surface area contributed by atoms with E-state index in [1.165, 1.54) is 0 Å². The zero-order chi connectivity index (χ0) is 10.7. The van der Waals surface area contributed by atoms with E-state index in [-0.39, 0.29) is 43.6 Å². The zero-order valence-electron chi connectivity index (χ0n) is 5.83. The van der Waals surface area contributed by atoms with E-state index in [4.69, 9.17) is 46.0 Å². The molecule has 0 aromatic carbocycles. The van der Waals surface area contributed by atoms with Gasteiger partial charge in [-0.3, -0.25) is 0 Å². The minimum absolute atomic E-state index is 0. The Kier molecular flexibility index (Phi) is 47.3. The molecule has 0 amide bonds. The van der Waals surface area contributed by atoms with E-state index in [2.05, 4.69) is 0 Å². The standard InChI is InChI=1S/Dy.3NO3.H2O/c;3*2-1(3)4;/h;;;;1H2/q;3*-1;. The molecule has 13 nitrogen and oxygen atoms in total. The number of hydrogen-bond acceptors (Lipinski definition) is 9. The molecular weight excluding hydrogens is 365 g/mol. The van der Waals surface area contributed by atoms with Gasteiger partial charge in [-0.2, -0.15) is 0 Å². The van der Waals surface area contributed by atoms with Gasteiger partial charge in [0.15, 0.2) is 0 Å². The largest absolute Gasteiger partial charge is 0.412 e. The van der Waals surface area contributed by atoms with Crippen LogP contribution >= 0.6 is 0 Å². The summed E-state index contributed by atoms with van der Waals surface area (Å²) in [5.74, 6) is 0. The van der Waals surface area contributed by atoms with E-state index in [1.807, 2.05) is 0 Å². The maximum atomic E-state index is 8.25. The summed E-state index contributed by atoms with van der Waals surface area (Å²) in [6.07, 6.45) is 0. The summed E-state index contributed by atoms with van der Waals surface area (Å²) >= 11 is 0. The molecule has 0 bridgehead atoms. The van der Waals surface area contributed by atoms with Gasteiger partial charge in [0.25, 0.3) is 0 Å². The van der Waals surface area contributed by atoms with Gasteiger partial charge in [0.1, 0.15) is 0 Å². The Balaban J connectivity index is -0.0000000270. The fraction of sp³-hybridized carbons (Fsp3) is 0. The number of hydrogen-bond donors (Lipinski definition) is 0. The Morgan fingerprint density at radius 1 is 0.571 bits per heavy atom. The van der Waals surface area contributed by atoms with Crippen LogP contribution in [0.4, 0.5) is 0 Å². The number of rotatable bonds is 0. The van der Waals surface area contributed by atoms with Crippen molar-refractivity contribution in [2.45, 2.75) is 0 Å². The molecule has 0 unspecified atom stereocenters. The normalized spacial score (nSPS) is 5.14. The predicted octanol–water partition coefficient (Wildman–Crippen LogP) is -1.54. The summed E-state index contributed by atoms with van der Waals surface area (Å²) in [5, 5.41) is 44.2. The summed E-state index contributed by atoms with van der Waals surface area (Å²) < 4.78 is 0. The molecule has 0 aliphatic carbocycles. The molecule has 0 fully saturated rings. The summed E-state index contributed by atoms with van der Waals surface area (Å²) in [7, 11) is 0. The first-order valence-electron chi connectivity index (χ1n) is 1.64. The van der Waals surface area contributed by atoms with Gasteiger partial charge < -0.3 is 51.4 Å². The molecule has 0 rings (SSSR count). The summed E-state index contributed by atoms with van der Waals surface area (Å²) in [6.45, 7) is 0. The Hall–Kier alpha value is -1.17. The first kappa shape index (κ1) is 29.3. The van der Waals surface area contributed by atoms with Crippen LogP contribution in [0.2, 0.25) is 0 Å². The first-order chi connectivity index (χ1) is 5.20. The zero-order valence-corrected chi connectivity index (χ0v) is 7.86. The Labute approximate surface area is 105 Å². The van der Waals surface area contributed by atoms with Crippen molar-refractivity contribution >= 4 is 0 Å². The Morgan fingerprint density at radius 3 is 0.571 bits per heavy atom. The van der Waals surface area contributed by atoms with Crippen molar-refractivity contribution in [3.05, 3.63) is 46.0 Å². The third-order valence-corrected chi connectivity index (χ3v) is 0. The van der Waals surface area contributed by atoms with Crippen molar-refractivity contribution in [1.82, 2.24) is 0 Å². The molecule has 0 saturated heterocycles. The van der Waals surface area contributed by atoms with Gasteiger partial charge in [0, 0.05) is 38.2 Å². The van der Waals surface area contributed by atoms with Crippen molar-refractivity contribution in [1.29, 1.82) is 0 Å². The van der Waals surface area contributed by atoms with Crippen molar-refractivity contribution < 1.29 is 58.9 Å². The SMILES string of the molecule is O.O=[N+]([O-])[O-].O=[N+]([O-])[O-].O=[N+]([O-])[O-].[Dy]. The van der Waals surface area contributed by atoms with Crippen LogP contribution in [-0.2, 0) is 0 Å². The van der Waals surface area contributed by atoms with E-state index < -0.39 is 15.3 Å². The average Bonchev–Trinajstić information content (AvgIpc) is 1.54. The minimum Gasteiger partial charge on any atom is -0.412 e. The molecule has 0 spiro atoms. The van der Waals surface area contributed by atoms with Crippen LogP contribution in [0.25, 0.3) is 0 Å².